The molecule has 2 nitrogen and oxygen atoms in total. The van der Waals surface area contributed by atoms with Gasteiger partial charge in [-0.1, -0.05) is 40.2 Å². The maximum atomic E-state index is 11.4. The van der Waals surface area contributed by atoms with Crippen LogP contribution in [0, 0.1) is 23.7 Å². The van der Waals surface area contributed by atoms with Crippen molar-refractivity contribution in [2.75, 3.05) is 0 Å². The molecule has 1 saturated carbocycles. The first-order valence-electron chi connectivity index (χ1n) is 6.90. The number of allylic oxidation sites excluding steroid dienone is 1. The minimum Gasteiger partial charge on any atom is -0.478 e. The summed E-state index contributed by atoms with van der Waals surface area (Å²) in [6, 6.07) is 0. The predicted octanol–water partition coefficient (Wildman–Crippen LogP) is 4.12. The van der Waals surface area contributed by atoms with Gasteiger partial charge in [0.05, 0.1) is 0 Å². The zero-order valence-corrected chi connectivity index (χ0v) is 11.6. The van der Waals surface area contributed by atoms with Crippen LogP contribution in [0.15, 0.2) is 11.6 Å². The van der Waals surface area contributed by atoms with Crippen LogP contribution in [0.4, 0.5) is 0 Å². The highest BCUT2D eigenvalue weighted by molar-refractivity contribution is 5.87. The van der Waals surface area contributed by atoms with Gasteiger partial charge in [-0.3, -0.25) is 0 Å². The van der Waals surface area contributed by atoms with Gasteiger partial charge in [0.15, 0.2) is 0 Å². The molecule has 3 unspecified atom stereocenters. The lowest BCUT2D eigenvalue weighted by molar-refractivity contribution is -0.133. The Kier molecular flexibility index (Phi) is 5.23. The highest BCUT2D eigenvalue weighted by Gasteiger charge is 2.35. The van der Waals surface area contributed by atoms with Crippen LogP contribution in [0.25, 0.3) is 0 Å². The standard InChI is InChI=1S/C15H26O2/c1-5-6-13(15(16)17)14-9-11(4)7-8-12(14)10(2)3/h6,10-12,14H,5,7-9H2,1-4H3,(H,16,17)/b13-6+. The molecule has 2 heteroatoms. The van der Waals surface area contributed by atoms with Crippen LogP contribution < -0.4 is 0 Å². The molecule has 0 aromatic rings. The minimum atomic E-state index is -0.711. The van der Waals surface area contributed by atoms with E-state index in [1.54, 1.807) is 0 Å². The van der Waals surface area contributed by atoms with Gasteiger partial charge in [0.25, 0.3) is 0 Å². The van der Waals surface area contributed by atoms with E-state index < -0.39 is 5.97 Å². The summed E-state index contributed by atoms with van der Waals surface area (Å²) in [5, 5.41) is 9.37. The van der Waals surface area contributed by atoms with Gasteiger partial charge in [-0.25, -0.2) is 4.79 Å². The molecule has 0 bridgehead atoms. The van der Waals surface area contributed by atoms with E-state index in [9.17, 15) is 9.90 Å². The van der Waals surface area contributed by atoms with E-state index in [1.165, 1.54) is 12.8 Å². The lowest BCUT2D eigenvalue weighted by atomic mass is 9.67. The molecule has 0 aliphatic heterocycles. The highest BCUT2D eigenvalue weighted by atomic mass is 16.4. The van der Waals surface area contributed by atoms with Crippen LogP contribution in [0.3, 0.4) is 0 Å². The number of carboxylic acid groups (broad SMARTS) is 1. The third kappa shape index (κ3) is 3.58. The molecule has 0 saturated heterocycles. The Morgan fingerprint density at radius 3 is 2.53 bits per heavy atom. The molecule has 1 aliphatic carbocycles. The van der Waals surface area contributed by atoms with Gasteiger partial charge >= 0.3 is 5.97 Å². The Balaban J connectivity index is 2.94. The summed E-state index contributed by atoms with van der Waals surface area (Å²) in [5.74, 6) is 1.33. The van der Waals surface area contributed by atoms with E-state index >= 15 is 0 Å². The molecular formula is C15H26O2. The Morgan fingerprint density at radius 1 is 1.41 bits per heavy atom. The van der Waals surface area contributed by atoms with Gasteiger partial charge in [-0.05, 0) is 42.9 Å². The topological polar surface area (TPSA) is 37.3 Å². The molecule has 1 N–H and O–H groups in total. The van der Waals surface area contributed by atoms with Gasteiger partial charge in [0.2, 0.25) is 0 Å². The van der Waals surface area contributed by atoms with Gasteiger partial charge in [0, 0.05) is 5.57 Å². The van der Waals surface area contributed by atoms with E-state index in [1.807, 2.05) is 13.0 Å². The third-order valence-electron chi connectivity index (χ3n) is 4.09. The Bertz CT molecular complexity index is 291. The van der Waals surface area contributed by atoms with Crippen LogP contribution >= 0.6 is 0 Å². The number of rotatable bonds is 4. The first-order valence-corrected chi connectivity index (χ1v) is 6.90. The van der Waals surface area contributed by atoms with Crippen molar-refractivity contribution in [1.29, 1.82) is 0 Å². The monoisotopic (exact) mass is 238 g/mol. The maximum Gasteiger partial charge on any atom is 0.331 e. The summed E-state index contributed by atoms with van der Waals surface area (Å²) in [6.07, 6.45) is 6.20. The minimum absolute atomic E-state index is 0.260. The summed E-state index contributed by atoms with van der Waals surface area (Å²) < 4.78 is 0. The lowest BCUT2D eigenvalue weighted by Crippen LogP contribution is -2.31. The molecule has 0 aromatic carbocycles. The van der Waals surface area contributed by atoms with Crippen molar-refractivity contribution in [2.24, 2.45) is 23.7 Å². The number of hydrogen-bond acceptors (Lipinski definition) is 1. The van der Waals surface area contributed by atoms with Gasteiger partial charge < -0.3 is 5.11 Å². The normalized spacial score (nSPS) is 30.6. The molecule has 0 amide bonds. The molecule has 1 rings (SSSR count). The van der Waals surface area contributed by atoms with Gasteiger partial charge in [-0.15, -0.1) is 0 Å². The fourth-order valence-corrected chi connectivity index (χ4v) is 3.18. The smallest absolute Gasteiger partial charge is 0.331 e. The van der Waals surface area contributed by atoms with Crippen molar-refractivity contribution in [3.8, 4) is 0 Å². The highest BCUT2D eigenvalue weighted by Crippen LogP contribution is 2.41. The Hall–Kier alpha value is -0.790. The maximum absolute atomic E-state index is 11.4. The van der Waals surface area contributed by atoms with E-state index in [0.717, 1.165) is 12.8 Å². The number of hydrogen-bond donors (Lipinski definition) is 1. The van der Waals surface area contributed by atoms with Crippen molar-refractivity contribution in [2.45, 2.75) is 53.4 Å². The molecule has 0 radical (unpaired) electrons. The SMILES string of the molecule is CC/C=C(/C(=O)O)C1CC(C)CCC1C(C)C. The van der Waals surface area contributed by atoms with Crippen molar-refractivity contribution < 1.29 is 9.90 Å². The van der Waals surface area contributed by atoms with Crippen molar-refractivity contribution >= 4 is 5.97 Å². The Morgan fingerprint density at radius 2 is 2.06 bits per heavy atom. The zero-order valence-electron chi connectivity index (χ0n) is 11.6. The summed E-state index contributed by atoms with van der Waals surface area (Å²) in [7, 11) is 0. The van der Waals surface area contributed by atoms with Crippen LogP contribution in [0.2, 0.25) is 0 Å². The van der Waals surface area contributed by atoms with Crippen molar-refractivity contribution in [1.82, 2.24) is 0 Å². The summed E-state index contributed by atoms with van der Waals surface area (Å²) in [4.78, 5) is 11.4. The second-order valence-corrected chi connectivity index (χ2v) is 5.81. The summed E-state index contributed by atoms with van der Waals surface area (Å²) in [5.41, 5.74) is 0.665. The summed E-state index contributed by atoms with van der Waals surface area (Å²) >= 11 is 0. The van der Waals surface area contributed by atoms with E-state index in [0.29, 0.717) is 23.3 Å². The van der Waals surface area contributed by atoms with Crippen LogP contribution in [0.1, 0.15) is 53.4 Å². The average molecular weight is 238 g/mol. The number of aliphatic carboxylic acids is 1. The fraction of sp³-hybridized carbons (Fsp3) is 0.800. The third-order valence-corrected chi connectivity index (χ3v) is 4.09. The largest absolute Gasteiger partial charge is 0.478 e. The molecule has 1 fully saturated rings. The number of carbonyl (C=O) groups is 1. The molecular weight excluding hydrogens is 212 g/mol. The first-order chi connectivity index (χ1) is 7.97. The second-order valence-electron chi connectivity index (χ2n) is 5.81. The molecule has 1 aliphatic rings. The number of carboxylic acids is 1. The molecule has 98 valence electrons. The first kappa shape index (κ1) is 14.3. The molecule has 0 heterocycles. The van der Waals surface area contributed by atoms with E-state index in [-0.39, 0.29) is 5.92 Å². The average Bonchev–Trinajstić information content (AvgIpc) is 2.24. The predicted molar refractivity (Wildman–Crippen MR) is 70.8 cm³/mol. The fourth-order valence-electron chi connectivity index (χ4n) is 3.18. The van der Waals surface area contributed by atoms with Crippen LogP contribution in [-0.4, -0.2) is 11.1 Å². The van der Waals surface area contributed by atoms with Gasteiger partial charge in [0.1, 0.15) is 0 Å². The van der Waals surface area contributed by atoms with Gasteiger partial charge in [-0.2, -0.15) is 0 Å². The zero-order chi connectivity index (χ0) is 13.0. The van der Waals surface area contributed by atoms with E-state index in [2.05, 4.69) is 20.8 Å². The van der Waals surface area contributed by atoms with Crippen LogP contribution in [0.5, 0.6) is 0 Å². The summed E-state index contributed by atoms with van der Waals surface area (Å²) in [6.45, 7) is 8.70. The van der Waals surface area contributed by atoms with Crippen LogP contribution in [-0.2, 0) is 4.79 Å². The van der Waals surface area contributed by atoms with Crippen molar-refractivity contribution in [3.05, 3.63) is 11.6 Å². The lowest BCUT2D eigenvalue weighted by Gasteiger charge is -2.37. The van der Waals surface area contributed by atoms with Crippen molar-refractivity contribution in [3.63, 3.8) is 0 Å². The molecule has 3 atom stereocenters. The second kappa shape index (κ2) is 6.23. The Labute approximate surface area is 105 Å². The molecule has 0 aromatic heterocycles. The van der Waals surface area contributed by atoms with E-state index in [4.69, 9.17) is 0 Å². The molecule has 0 spiro atoms. The quantitative estimate of drug-likeness (QED) is 0.748. The molecule has 17 heavy (non-hydrogen) atoms.